The van der Waals surface area contributed by atoms with E-state index in [2.05, 4.69) is 46.7 Å². The molecule has 1 saturated heterocycles. The second-order valence-corrected chi connectivity index (χ2v) is 7.69. The Balaban J connectivity index is 1.76. The van der Waals surface area contributed by atoms with E-state index in [1.165, 1.54) is 18.5 Å². The molecule has 0 bridgehead atoms. The highest BCUT2D eigenvalue weighted by Gasteiger charge is 2.16. The summed E-state index contributed by atoms with van der Waals surface area (Å²) in [5, 5.41) is 6.29. The second kappa shape index (κ2) is 7.71. The van der Waals surface area contributed by atoms with Gasteiger partial charge in [0.2, 0.25) is 5.91 Å². The van der Waals surface area contributed by atoms with Gasteiger partial charge in [0.15, 0.2) is 0 Å². The number of nitrogens with one attached hydrogen (secondary N) is 2. The third-order valence-electron chi connectivity index (χ3n) is 4.21. The predicted molar refractivity (Wildman–Crippen MR) is 98.1 cm³/mol. The topological polar surface area (TPSA) is 44.4 Å². The molecule has 1 aliphatic heterocycles. The molecule has 1 aromatic rings. The van der Waals surface area contributed by atoms with E-state index in [1.807, 2.05) is 20.8 Å². The van der Waals surface area contributed by atoms with Gasteiger partial charge in [-0.15, -0.1) is 0 Å². The first-order valence-electron chi connectivity index (χ1n) is 8.73. The summed E-state index contributed by atoms with van der Waals surface area (Å²) >= 11 is 0. The first-order valence-corrected chi connectivity index (χ1v) is 8.73. The zero-order chi connectivity index (χ0) is 16.9. The maximum Gasteiger partial charge on any atom is 0.222 e. The Labute approximate surface area is 140 Å². The highest BCUT2D eigenvalue weighted by molar-refractivity contribution is 5.77. The van der Waals surface area contributed by atoms with Gasteiger partial charge in [0.05, 0.1) is 0 Å². The molecule has 23 heavy (non-hydrogen) atoms. The van der Waals surface area contributed by atoms with Crippen LogP contribution in [0.1, 0.15) is 47.0 Å². The molecule has 1 heterocycles. The number of carbonyl (C=O) groups excluding carboxylic acids is 1. The number of benzene rings is 1. The Hall–Kier alpha value is -1.71. The summed E-state index contributed by atoms with van der Waals surface area (Å²) in [6.45, 7) is 11.3. The molecular formula is C19H31N3O. The lowest BCUT2D eigenvalue weighted by Gasteiger charge is -2.32. The van der Waals surface area contributed by atoms with Crippen LogP contribution < -0.4 is 15.5 Å². The third kappa shape index (κ3) is 6.12. The van der Waals surface area contributed by atoms with Crippen molar-refractivity contribution in [2.45, 2.75) is 52.5 Å². The van der Waals surface area contributed by atoms with Crippen LogP contribution in [0.2, 0.25) is 0 Å². The first-order chi connectivity index (χ1) is 10.8. The maximum absolute atomic E-state index is 11.8. The number of rotatable bonds is 5. The van der Waals surface area contributed by atoms with Crippen molar-refractivity contribution < 1.29 is 4.79 Å². The van der Waals surface area contributed by atoms with E-state index in [0.29, 0.717) is 13.0 Å². The van der Waals surface area contributed by atoms with Gasteiger partial charge in [0.1, 0.15) is 0 Å². The number of anilines is 2. The molecule has 0 radical (unpaired) electrons. The molecule has 128 valence electrons. The summed E-state index contributed by atoms with van der Waals surface area (Å²) in [6.07, 6.45) is 3.05. The predicted octanol–water partition coefficient (Wildman–Crippen LogP) is 3.64. The van der Waals surface area contributed by atoms with Crippen LogP contribution in [0.5, 0.6) is 0 Å². The average molecular weight is 317 g/mol. The fraction of sp³-hybridized carbons (Fsp3) is 0.632. The number of hydrogen-bond donors (Lipinski definition) is 2. The van der Waals surface area contributed by atoms with Gasteiger partial charge in [-0.1, -0.05) is 6.92 Å². The Kier molecular flexibility index (Phi) is 5.91. The Bertz CT molecular complexity index is 496. The van der Waals surface area contributed by atoms with Crippen LogP contribution in [0.3, 0.4) is 0 Å². The normalized spacial score (nSPS) is 16.3. The minimum absolute atomic E-state index is 0.0871. The van der Waals surface area contributed by atoms with Gasteiger partial charge in [0.25, 0.3) is 0 Å². The summed E-state index contributed by atoms with van der Waals surface area (Å²) in [6, 6.07) is 8.56. The minimum atomic E-state index is -0.162. The van der Waals surface area contributed by atoms with Crippen molar-refractivity contribution in [1.29, 1.82) is 0 Å². The Morgan fingerprint density at radius 2 is 1.78 bits per heavy atom. The van der Waals surface area contributed by atoms with E-state index in [9.17, 15) is 4.79 Å². The molecular weight excluding hydrogens is 286 g/mol. The Morgan fingerprint density at radius 3 is 2.35 bits per heavy atom. The lowest BCUT2D eigenvalue weighted by molar-refractivity contribution is -0.122. The zero-order valence-corrected chi connectivity index (χ0v) is 15.0. The standard InChI is InChI=1S/C19H31N3O/c1-15-10-13-22(14-11-15)17-7-5-16(6-8-17)20-12-9-18(23)21-19(2,3)4/h5-8,15,20H,9-14H2,1-4H3,(H,21,23). The smallest absolute Gasteiger partial charge is 0.222 e. The highest BCUT2D eigenvalue weighted by Crippen LogP contribution is 2.24. The van der Waals surface area contributed by atoms with E-state index in [1.54, 1.807) is 0 Å². The van der Waals surface area contributed by atoms with Gasteiger partial charge in [0, 0.05) is 43.0 Å². The SMILES string of the molecule is CC1CCN(c2ccc(NCCC(=O)NC(C)(C)C)cc2)CC1. The van der Waals surface area contributed by atoms with Crippen molar-refractivity contribution in [3.8, 4) is 0 Å². The number of amides is 1. The van der Waals surface area contributed by atoms with Crippen LogP contribution in [0.4, 0.5) is 11.4 Å². The molecule has 0 aromatic heterocycles. The van der Waals surface area contributed by atoms with Crippen molar-refractivity contribution in [3.05, 3.63) is 24.3 Å². The largest absolute Gasteiger partial charge is 0.385 e. The molecule has 1 amide bonds. The summed E-state index contributed by atoms with van der Waals surface area (Å²) in [4.78, 5) is 14.2. The number of hydrogen-bond acceptors (Lipinski definition) is 3. The van der Waals surface area contributed by atoms with Crippen LogP contribution in [0.15, 0.2) is 24.3 Å². The lowest BCUT2D eigenvalue weighted by atomic mass is 9.99. The average Bonchev–Trinajstić information content (AvgIpc) is 2.47. The molecule has 0 spiro atoms. The fourth-order valence-corrected chi connectivity index (χ4v) is 2.86. The van der Waals surface area contributed by atoms with Crippen LogP contribution >= 0.6 is 0 Å². The van der Waals surface area contributed by atoms with E-state index in [0.717, 1.165) is 24.7 Å². The summed E-state index contributed by atoms with van der Waals surface area (Å²) < 4.78 is 0. The molecule has 0 atom stereocenters. The molecule has 1 aromatic carbocycles. The maximum atomic E-state index is 11.8. The van der Waals surface area contributed by atoms with Crippen molar-refractivity contribution in [2.75, 3.05) is 29.9 Å². The van der Waals surface area contributed by atoms with Crippen LogP contribution in [-0.2, 0) is 4.79 Å². The fourth-order valence-electron chi connectivity index (χ4n) is 2.86. The number of carbonyl (C=O) groups is 1. The summed E-state index contributed by atoms with van der Waals surface area (Å²) in [5.41, 5.74) is 2.21. The second-order valence-electron chi connectivity index (χ2n) is 7.69. The van der Waals surface area contributed by atoms with Crippen molar-refractivity contribution in [1.82, 2.24) is 5.32 Å². The molecule has 4 nitrogen and oxygen atoms in total. The summed E-state index contributed by atoms with van der Waals surface area (Å²) in [5.74, 6) is 0.940. The number of piperidine rings is 1. The number of nitrogens with zero attached hydrogens (tertiary/aromatic N) is 1. The highest BCUT2D eigenvalue weighted by atomic mass is 16.1. The quantitative estimate of drug-likeness (QED) is 0.871. The van der Waals surface area contributed by atoms with E-state index in [4.69, 9.17) is 0 Å². The van der Waals surface area contributed by atoms with Gasteiger partial charge in [-0.2, -0.15) is 0 Å². The third-order valence-corrected chi connectivity index (χ3v) is 4.21. The van der Waals surface area contributed by atoms with Crippen LogP contribution in [0, 0.1) is 5.92 Å². The van der Waals surface area contributed by atoms with Crippen molar-refractivity contribution in [2.24, 2.45) is 5.92 Å². The molecule has 1 fully saturated rings. The minimum Gasteiger partial charge on any atom is -0.385 e. The van der Waals surface area contributed by atoms with Crippen molar-refractivity contribution >= 4 is 17.3 Å². The molecule has 2 rings (SSSR count). The Morgan fingerprint density at radius 1 is 1.17 bits per heavy atom. The molecule has 2 N–H and O–H groups in total. The molecule has 1 aliphatic rings. The summed E-state index contributed by atoms with van der Waals surface area (Å²) in [7, 11) is 0. The molecule has 0 saturated carbocycles. The zero-order valence-electron chi connectivity index (χ0n) is 15.0. The first kappa shape index (κ1) is 17.6. The molecule has 0 unspecified atom stereocenters. The van der Waals surface area contributed by atoms with E-state index >= 15 is 0 Å². The van der Waals surface area contributed by atoms with Gasteiger partial charge in [-0.25, -0.2) is 0 Å². The van der Waals surface area contributed by atoms with E-state index in [-0.39, 0.29) is 11.4 Å². The monoisotopic (exact) mass is 317 g/mol. The lowest BCUT2D eigenvalue weighted by Crippen LogP contribution is -2.41. The molecule has 0 aliphatic carbocycles. The van der Waals surface area contributed by atoms with E-state index < -0.39 is 0 Å². The van der Waals surface area contributed by atoms with Crippen LogP contribution in [0.25, 0.3) is 0 Å². The van der Waals surface area contributed by atoms with Crippen LogP contribution in [-0.4, -0.2) is 31.1 Å². The van der Waals surface area contributed by atoms with Gasteiger partial charge in [-0.05, 0) is 63.8 Å². The van der Waals surface area contributed by atoms with Gasteiger partial charge >= 0.3 is 0 Å². The molecule has 4 heteroatoms. The van der Waals surface area contributed by atoms with Crippen molar-refractivity contribution in [3.63, 3.8) is 0 Å². The van der Waals surface area contributed by atoms with Gasteiger partial charge in [-0.3, -0.25) is 4.79 Å². The van der Waals surface area contributed by atoms with Gasteiger partial charge < -0.3 is 15.5 Å².